The monoisotopic (exact) mass is 246 g/mol. The Labute approximate surface area is 99.0 Å². The van der Waals surface area contributed by atoms with Crippen molar-refractivity contribution < 1.29 is 24.9 Å². The Morgan fingerprint density at radius 1 is 1.53 bits per heavy atom. The van der Waals surface area contributed by atoms with Crippen LogP contribution in [0.25, 0.3) is 0 Å². The molecule has 17 heavy (non-hydrogen) atoms. The van der Waals surface area contributed by atoms with Crippen LogP contribution < -0.4 is 5.32 Å². The third-order valence-corrected chi connectivity index (χ3v) is 2.72. The first-order valence-electron chi connectivity index (χ1n) is 5.48. The van der Waals surface area contributed by atoms with Crippen molar-refractivity contribution in [1.29, 1.82) is 0 Å². The van der Waals surface area contributed by atoms with E-state index in [9.17, 15) is 14.7 Å². The predicted octanol–water partition coefficient (Wildman–Crippen LogP) is -1.01. The Morgan fingerprint density at radius 2 is 2.18 bits per heavy atom. The number of hydrogen-bond acceptors (Lipinski definition) is 4. The van der Waals surface area contributed by atoms with Crippen molar-refractivity contribution >= 4 is 12.0 Å². The topological polar surface area (TPSA) is 110 Å². The molecule has 0 aromatic carbocycles. The van der Waals surface area contributed by atoms with Gasteiger partial charge in [-0.3, -0.25) is 0 Å². The van der Waals surface area contributed by atoms with E-state index in [0.29, 0.717) is 13.0 Å². The number of nitrogens with zero attached hydrogens (tertiary/aromatic N) is 1. The second kappa shape index (κ2) is 5.33. The molecule has 0 aromatic heterocycles. The van der Waals surface area contributed by atoms with E-state index in [1.165, 1.54) is 4.90 Å². The van der Waals surface area contributed by atoms with Gasteiger partial charge in [-0.25, -0.2) is 9.59 Å². The summed E-state index contributed by atoms with van der Waals surface area (Å²) in [6, 6.07) is -0.347. The average Bonchev–Trinajstić information content (AvgIpc) is 2.58. The normalized spacial score (nSPS) is 25.7. The summed E-state index contributed by atoms with van der Waals surface area (Å²) in [4.78, 5) is 23.3. The molecule has 1 fully saturated rings. The number of aliphatic hydroxyl groups excluding tert-OH is 1. The number of carbonyl (C=O) groups is 2. The van der Waals surface area contributed by atoms with Gasteiger partial charge in [-0.2, -0.15) is 0 Å². The summed E-state index contributed by atoms with van der Waals surface area (Å²) in [7, 11) is 0. The number of carboxylic acids is 1. The van der Waals surface area contributed by atoms with E-state index < -0.39 is 17.7 Å². The van der Waals surface area contributed by atoms with Crippen LogP contribution >= 0.6 is 0 Å². The largest absolute Gasteiger partial charge is 0.479 e. The van der Waals surface area contributed by atoms with Crippen LogP contribution in [0.15, 0.2) is 0 Å². The van der Waals surface area contributed by atoms with Crippen LogP contribution in [0.2, 0.25) is 0 Å². The molecule has 7 nitrogen and oxygen atoms in total. The van der Waals surface area contributed by atoms with Gasteiger partial charge in [-0.1, -0.05) is 0 Å². The second-order valence-corrected chi connectivity index (χ2v) is 4.54. The zero-order valence-corrected chi connectivity index (χ0v) is 9.72. The summed E-state index contributed by atoms with van der Waals surface area (Å²) < 4.78 is 0. The van der Waals surface area contributed by atoms with Crippen LogP contribution in [-0.2, 0) is 4.79 Å². The summed E-state index contributed by atoms with van der Waals surface area (Å²) in [5.41, 5.74) is -0.849. The number of amides is 2. The summed E-state index contributed by atoms with van der Waals surface area (Å²) in [5.74, 6) is -1.30. The van der Waals surface area contributed by atoms with Gasteiger partial charge in [0.2, 0.25) is 0 Å². The van der Waals surface area contributed by atoms with Gasteiger partial charge in [0, 0.05) is 19.5 Å². The molecule has 0 saturated carbocycles. The molecule has 0 aromatic rings. The minimum atomic E-state index is -1.46. The predicted molar refractivity (Wildman–Crippen MR) is 58.5 cm³/mol. The number of rotatable bonds is 4. The number of likely N-dealkylation sites (tertiary alicyclic amines) is 1. The Morgan fingerprint density at radius 3 is 2.65 bits per heavy atom. The van der Waals surface area contributed by atoms with E-state index in [1.807, 2.05) is 0 Å². The quantitative estimate of drug-likeness (QED) is 0.508. The van der Waals surface area contributed by atoms with Crippen LogP contribution in [0.5, 0.6) is 0 Å². The van der Waals surface area contributed by atoms with Crippen molar-refractivity contribution in [3.8, 4) is 0 Å². The van der Waals surface area contributed by atoms with Gasteiger partial charge in [-0.15, -0.1) is 0 Å². The first kappa shape index (κ1) is 13.7. The maximum absolute atomic E-state index is 11.6. The highest BCUT2D eigenvalue weighted by Crippen LogP contribution is 2.19. The molecule has 1 saturated heterocycles. The second-order valence-electron chi connectivity index (χ2n) is 4.54. The highest BCUT2D eigenvalue weighted by molar-refractivity contribution is 5.75. The molecule has 1 heterocycles. The fourth-order valence-corrected chi connectivity index (χ4v) is 1.67. The average molecular weight is 246 g/mol. The SMILES string of the molecule is CC1(O)CCN(C(=O)NCCC(O)C(=O)O)C1. The van der Waals surface area contributed by atoms with Crippen molar-refractivity contribution in [3.05, 3.63) is 0 Å². The Hall–Kier alpha value is -1.34. The third kappa shape index (κ3) is 4.20. The fourth-order valence-electron chi connectivity index (χ4n) is 1.67. The van der Waals surface area contributed by atoms with Crippen molar-refractivity contribution in [3.63, 3.8) is 0 Å². The number of aliphatic hydroxyl groups is 2. The molecule has 4 N–H and O–H groups in total. The molecular weight excluding hydrogens is 228 g/mol. The van der Waals surface area contributed by atoms with Crippen LogP contribution in [0.1, 0.15) is 19.8 Å². The summed E-state index contributed by atoms with van der Waals surface area (Å²) in [5, 5.41) is 29.6. The minimum Gasteiger partial charge on any atom is -0.479 e. The fraction of sp³-hybridized carbons (Fsp3) is 0.800. The Balaban J connectivity index is 2.25. The minimum absolute atomic E-state index is 0.0364. The summed E-state index contributed by atoms with van der Waals surface area (Å²) >= 11 is 0. The summed E-state index contributed by atoms with van der Waals surface area (Å²) in [6.07, 6.45) is -0.972. The first-order chi connectivity index (χ1) is 7.82. The zero-order chi connectivity index (χ0) is 13.1. The molecule has 2 unspecified atom stereocenters. The van der Waals surface area contributed by atoms with Gasteiger partial charge in [0.05, 0.1) is 12.1 Å². The van der Waals surface area contributed by atoms with Gasteiger partial charge in [0.25, 0.3) is 0 Å². The number of carboxylic acid groups (broad SMARTS) is 1. The molecule has 1 aliphatic heterocycles. The van der Waals surface area contributed by atoms with Gasteiger partial charge in [0.1, 0.15) is 0 Å². The molecule has 0 bridgehead atoms. The molecule has 98 valence electrons. The molecule has 0 spiro atoms. The van der Waals surface area contributed by atoms with E-state index in [4.69, 9.17) is 10.2 Å². The number of aliphatic carboxylic acids is 1. The van der Waals surface area contributed by atoms with Crippen LogP contribution in [0.4, 0.5) is 4.79 Å². The van der Waals surface area contributed by atoms with Gasteiger partial charge in [0.15, 0.2) is 6.10 Å². The lowest BCUT2D eigenvalue weighted by molar-refractivity contribution is -0.146. The molecule has 1 rings (SSSR count). The molecule has 0 aliphatic carbocycles. The lowest BCUT2D eigenvalue weighted by Gasteiger charge is -2.19. The van der Waals surface area contributed by atoms with Gasteiger partial charge in [-0.05, 0) is 13.3 Å². The smallest absolute Gasteiger partial charge is 0.332 e. The highest BCUT2D eigenvalue weighted by atomic mass is 16.4. The Bertz CT molecular complexity index is 305. The number of carbonyl (C=O) groups excluding carboxylic acids is 1. The number of urea groups is 1. The van der Waals surface area contributed by atoms with Crippen molar-refractivity contribution in [2.24, 2.45) is 0 Å². The van der Waals surface area contributed by atoms with Crippen molar-refractivity contribution in [2.45, 2.75) is 31.5 Å². The van der Waals surface area contributed by atoms with E-state index in [2.05, 4.69) is 5.32 Å². The third-order valence-electron chi connectivity index (χ3n) is 2.72. The van der Waals surface area contributed by atoms with Crippen LogP contribution in [0, 0.1) is 0 Å². The van der Waals surface area contributed by atoms with Crippen LogP contribution in [0.3, 0.4) is 0 Å². The molecular formula is C10H18N2O5. The molecule has 2 atom stereocenters. The molecule has 0 radical (unpaired) electrons. The van der Waals surface area contributed by atoms with E-state index >= 15 is 0 Å². The number of hydrogen-bond donors (Lipinski definition) is 4. The maximum atomic E-state index is 11.6. The van der Waals surface area contributed by atoms with E-state index in [1.54, 1.807) is 6.92 Å². The molecule has 1 aliphatic rings. The summed E-state index contributed by atoms with van der Waals surface area (Å²) in [6.45, 7) is 2.49. The number of nitrogens with one attached hydrogen (secondary N) is 1. The lowest BCUT2D eigenvalue weighted by atomic mass is 10.1. The molecule has 7 heteroatoms. The first-order valence-corrected chi connectivity index (χ1v) is 5.48. The van der Waals surface area contributed by atoms with Gasteiger partial charge < -0.3 is 25.5 Å². The van der Waals surface area contributed by atoms with Crippen LogP contribution in [-0.4, -0.2) is 63.6 Å². The van der Waals surface area contributed by atoms with Gasteiger partial charge >= 0.3 is 12.0 Å². The zero-order valence-electron chi connectivity index (χ0n) is 9.72. The maximum Gasteiger partial charge on any atom is 0.332 e. The van der Waals surface area contributed by atoms with E-state index in [0.717, 1.165) is 0 Å². The van der Waals surface area contributed by atoms with Crippen molar-refractivity contribution in [1.82, 2.24) is 10.2 Å². The van der Waals surface area contributed by atoms with E-state index in [-0.39, 0.29) is 25.5 Å². The number of β-amino-alcohol motifs (C(OH)–C–C–N with tert-alkyl or cyclic N) is 1. The molecule has 2 amide bonds. The highest BCUT2D eigenvalue weighted by Gasteiger charge is 2.33. The standard InChI is InChI=1S/C10H18N2O5/c1-10(17)3-5-12(6-10)9(16)11-4-2-7(13)8(14)15/h7,13,17H,2-6H2,1H3,(H,11,16)(H,14,15). The lowest BCUT2D eigenvalue weighted by Crippen LogP contribution is -2.42. The Kier molecular flexibility index (Phi) is 4.30. The van der Waals surface area contributed by atoms with Crippen molar-refractivity contribution in [2.75, 3.05) is 19.6 Å².